The van der Waals surface area contributed by atoms with Gasteiger partial charge >= 0.3 is 0 Å². The number of carbonyl (C=O) groups is 1. The molecular formula is C12H14BFN2O3S. The number of carbonyl (C=O) groups excluding carboxylic acids is 1. The van der Waals surface area contributed by atoms with Gasteiger partial charge in [-0.1, -0.05) is 11.5 Å². The molecule has 0 bridgehead atoms. The molecule has 1 atom stereocenters. The molecule has 8 heteroatoms. The summed E-state index contributed by atoms with van der Waals surface area (Å²) < 4.78 is 37.9. The molecule has 1 fully saturated rings. The minimum absolute atomic E-state index is 0.00967. The molecule has 5 nitrogen and oxygen atoms in total. The summed E-state index contributed by atoms with van der Waals surface area (Å²) in [7, 11) is 1.97. The number of rotatable bonds is 3. The van der Waals surface area contributed by atoms with E-state index in [0.29, 0.717) is 19.4 Å². The summed E-state index contributed by atoms with van der Waals surface area (Å²) in [5.41, 5.74) is 0.240. The van der Waals surface area contributed by atoms with Crippen molar-refractivity contribution >= 4 is 34.9 Å². The van der Waals surface area contributed by atoms with Gasteiger partial charge in [0.1, 0.15) is 19.7 Å². The SMILES string of the molecule is [B]c1ccc(NC(=O)[C@@H]2CCCN2S(C)(=O)=O)c(F)c1. The molecule has 1 aliphatic rings. The Morgan fingerprint density at radius 1 is 1.50 bits per heavy atom. The summed E-state index contributed by atoms with van der Waals surface area (Å²) >= 11 is 0. The van der Waals surface area contributed by atoms with E-state index in [1.165, 1.54) is 12.1 Å². The molecule has 106 valence electrons. The Kier molecular flexibility index (Phi) is 4.15. The Balaban J connectivity index is 2.16. The van der Waals surface area contributed by atoms with Crippen molar-refractivity contribution in [1.29, 1.82) is 0 Å². The monoisotopic (exact) mass is 296 g/mol. The van der Waals surface area contributed by atoms with Crippen LogP contribution < -0.4 is 10.8 Å². The van der Waals surface area contributed by atoms with Crippen LogP contribution in [0.4, 0.5) is 10.1 Å². The van der Waals surface area contributed by atoms with Crippen LogP contribution in [-0.4, -0.2) is 45.3 Å². The van der Waals surface area contributed by atoms with Crippen LogP contribution in [0.15, 0.2) is 18.2 Å². The number of anilines is 1. The number of hydrogen-bond acceptors (Lipinski definition) is 3. The van der Waals surface area contributed by atoms with Crippen molar-refractivity contribution in [2.45, 2.75) is 18.9 Å². The average molecular weight is 296 g/mol. The highest BCUT2D eigenvalue weighted by atomic mass is 32.2. The first-order valence-electron chi connectivity index (χ1n) is 6.12. The van der Waals surface area contributed by atoms with Crippen LogP contribution in [0.1, 0.15) is 12.8 Å². The van der Waals surface area contributed by atoms with E-state index in [0.717, 1.165) is 16.6 Å². The quantitative estimate of drug-likeness (QED) is 0.797. The normalized spacial score (nSPS) is 20.0. The lowest BCUT2D eigenvalue weighted by molar-refractivity contribution is -0.119. The maximum atomic E-state index is 13.6. The molecule has 1 aromatic carbocycles. The second-order valence-electron chi connectivity index (χ2n) is 4.76. The predicted molar refractivity (Wildman–Crippen MR) is 75.0 cm³/mol. The summed E-state index contributed by atoms with van der Waals surface area (Å²) in [6.45, 7) is 0.307. The number of halogens is 1. The Hall–Kier alpha value is -1.41. The van der Waals surface area contributed by atoms with Gasteiger partial charge in [0.15, 0.2) is 0 Å². The van der Waals surface area contributed by atoms with Crippen molar-refractivity contribution in [2.75, 3.05) is 18.1 Å². The highest BCUT2D eigenvalue weighted by Crippen LogP contribution is 2.22. The van der Waals surface area contributed by atoms with Gasteiger partial charge < -0.3 is 5.32 Å². The highest BCUT2D eigenvalue weighted by Gasteiger charge is 2.36. The number of benzene rings is 1. The maximum Gasteiger partial charge on any atom is 0.242 e. The Morgan fingerprint density at radius 2 is 2.20 bits per heavy atom. The van der Waals surface area contributed by atoms with E-state index in [1.54, 1.807) is 0 Å². The summed E-state index contributed by atoms with van der Waals surface area (Å²) in [5.74, 6) is -1.18. The number of sulfonamides is 1. The Morgan fingerprint density at radius 3 is 2.80 bits per heavy atom. The zero-order chi connectivity index (χ0) is 14.9. The van der Waals surface area contributed by atoms with Crippen LogP contribution >= 0.6 is 0 Å². The van der Waals surface area contributed by atoms with Gasteiger partial charge in [-0.15, -0.1) is 0 Å². The third-order valence-electron chi connectivity index (χ3n) is 3.18. The number of hydrogen-bond donors (Lipinski definition) is 1. The molecule has 0 spiro atoms. The standard InChI is InChI=1S/C12H14BFN2O3S/c1-20(18,19)16-6-2-3-11(16)12(17)15-10-5-4-8(13)7-9(10)14/h4-5,7,11H,2-3,6H2,1H3,(H,15,17)/t11-/m0/s1. The average Bonchev–Trinajstić information content (AvgIpc) is 2.81. The fraction of sp³-hybridized carbons (Fsp3) is 0.417. The topological polar surface area (TPSA) is 66.5 Å². The molecule has 1 heterocycles. The molecule has 1 N–H and O–H groups in total. The van der Waals surface area contributed by atoms with Gasteiger partial charge in [-0.3, -0.25) is 4.79 Å². The van der Waals surface area contributed by atoms with Crippen molar-refractivity contribution in [3.63, 3.8) is 0 Å². The van der Waals surface area contributed by atoms with Crippen molar-refractivity contribution < 1.29 is 17.6 Å². The smallest absolute Gasteiger partial charge is 0.242 e. The third kappa shape index (κ3) is 3.19. The Bertz CT molecular complexity index is 636. The van der Waals surface area contributed by atoms with Crippen molar-refractivity contribution in [2.24, 2.45) is 0 Å². The lowest BCUT2D eigenvalue weighted by atomic mass is 9.96. The molecule has 1 amide bonds. The molecule has 20 heavy (non-hydrogen) atoms. The van der Waals surface area contributed by atoms with Crippen LogP contribution in [0.5, 0.6) is 0 Å². The molecule has 0 aromatic heterocycles. The second-order valence-corrected chi connectivity index (χ2v) is 6.70. The lowest BCUT2D eigenvalue weighted by Gasteiger charge is -2.21. The van der Waals surface area contributed by atoms with Crippen LogP contribution in [0.3, 0.4) is 0 Å². The number of amides is 1. The maximum absolute atomic E-state index is 13.6. The van der Waals surface area contributed by atoms with Crippen LogP contribution in [0, 0.1) is 5.82 Å². The summed E-state index contributed by atoms with van der Waals surface area (Å²) in [4.78, 5) is 12.1. The van der Waals surface area contributed by atoms with Crippen molar-refractivity contribution in [3.8, 4) is 0 Å². The minimum atomic E-state index is -3.45. The summed E-state index contributed by atoms with van der Waals surface area (Å²) in [6, 6.07) is 3.12. The molecule has 1 saturated heterocycles. The number of nitrogens with one attached hydrogen (secondary N) is 1. The Labute approximate surface area is 118 Å². The van der Waals surface area contributed by atoms with E-state index in [-0.39, 0.29) is 11.2 Å². The van der Waals surface area contributed by atoms with Gasteiger partial charge in [-0.05, 0) is 25.0 Å². The number of nitrogens with zero attached hydrogens (tertiary/aromatic N) is 1. The molecular weight excluding hydrogens is 282 g/mol. The van der Waals surface area contributed by atoms with Gasteiger partial charge in [0.2, 0.25) is 15.9 Å². The minimum Gasteiger partial charge on any atom is -0.322 e. The van der Waals surface area contributed by atoms with E-state index in [9.17, 15) is 17.6 Å². The third-order valence-corrected chi connectivity index (χ3v) is 4.47. The van der Waals surface area contributed by atoms with E-state index in [4.69, 9.17) is 7.85 Å². The van der Waals surface area contributed by atoms with Gasteiger partial charge in [0, 0.05) is 6.54 Å². The van der Waals surface area contributed by atoms with E-state index in [1.807, 2.05) is 0 Å². The zero-order valence-corrected chi connectivity index (χ0v) is 11.8. The first-order valence-corrected chi connectivity index (χ1v) is 7.96. The molecule has 1 aromatic rings. The predicted octanol–water partition coefficient (Wildman–Crippen LogP) is -0.0180. The lowest BCUT2D eigenvalue weighted by Crippen LogP contribution is -2.42. The van der Waals surface area contributed by atoms with E-state index >= 15 is 0 Å². The summed E-state index contributed by atoms with van der Waals surface area (Å²) in [5, 5.41) is 2.41. The van der Waals surface area contributed by atoms with Crippen LogP contribution in [-0.2, 0) is 14.8 Å². The molecule has 0 unspecified atom stereocenters. The van der Waals surface area contributed by atoms with Gasteiger partial charge in [0.05, 0.1) is 11.9 Å². The van der Waals surface area contributed by atoms with Crippen molar-refractivity contribution in [3.05, 3.63) is 24.0 Å². The molecule has 2 radical (unpaired) electrons. The molecule has 2 rings (SSSR count). The van der Waals surface area contributed by atoms with Gasteiger partial charge in [-0.2, -0.15) is 4.31 Å². The zero-order valence-electron chi connectivity index (χ0n) is 11.0. The van der Waals surface area contributed by atoms with Crippen molar-refractivity contribution in [1.82, 2.24) is 4.31 Å². The fourth-order valence-corrected chi connectivity index (χ4v) is 3.37. The van der Waals surface area contributed by atoms with E-state index in [2.05, 4.69) is 5.32 Å². The second kappa shape index (κ2) is 5.53. The molecule has 1 aliphatic heterocycles. The largest absolute Gasteiger partial charge is 0.322 e. The van der Waals surface area contributed by atoms with Crippen LogP contribution in [0.2, 0.25) is 0 Å². The highest BCUT2D eigenvalue weighted by molar-refractivity contribution is 7.88. The summed E-state index contributed by atoms with van der Waals surface area (Å²) in [6.07, 6.45) is 2.09. The van der Waals surface area contributed by atoms with Crippen LogP contribution in [0.25, 0.3) is 0 Å². The molecule has 0 aliphatic carbocycles. The molecule has 0 saturated carbocycles. The van der Waals surface area contributed by atoms with Gasteiger partial charge in [0.25, 0.3) is 0 Å². The first kappa shape index (κ1) is 15.0. The fourth-order valence-electron chi connectivity index (χ4n) is 2.25. The first-order chi connectivity index (χ1) is 9.29. The van der Waals surface area contributed by atoms with Gasteiger partial charge in [-0.25, -0.2) is 12.8 Å². The van der Waals surface area contributed by atoms with E-state index < -0.39 is 27.8 Å².